The molecule has 1 aliphatic rings. The summed E-state index contributed by atoms with van der Waals surface area (Å²) in [5, 5.41) is 31.4. The molecule has 3 N–H and O–H groups in total. The minimum Gasteiger partial charge on any atom is -0.479 e. The summed E-state index contributed by atoms with van der Waals surface area (Å²) in [5.74, 6) is -3.33. The minimum absolute atomic E-state index is 0.0231. The second-order valence-corrected chi connectivity index (χ2v) is 18.8. The molecule has 1 saturated heterocycles. The normalized spacial score (nSPS) is 19.1. The Morgan fingerprint density at radius 3 is 1.29 bits per heavy atom. The molecule has 0 aliphatic carbocycles. The number of aliphatic carboxylic acids is 1. The van der Waals surface area contributed by atoms with Crippen molar-refractivity contribution in [2.24, 2.45) is 0 Å². The highest BCUT2D eigenvalue weighted by Crippen LogP contribution is 2.26. The molecule has 0 aromatic heterocycles. The third-order valence-corrected chi connectivity index (χ3v) is 11.9. The number of carbonyl (C=O) groups excluding carboxylic acids is 3. The third kappa shape index (κ3) is 41.4. The van der Waals surface area contributed by atoms with Crippen molar-refractivity contribution in [2.45, 2.75) is 225 Å². The zero-order valence-electron chi connectivity index (χ0n) is 47.1. The van der Waals surface area contributed by atoms with Crippen LogP contribution in [0.1, 0.15) is 188 Å². The fraction of sp³-hybridized carbons (Fsp3) is 0.569. The number of esters is 3. The third-order valence-electron chi connectivity index (χ3n) is 11.9. The van der Waals surface area contributed by atoms with Crippen LogP contribution in [0, 0.1) is 0 Å². The fourth-order valence-electron chi connectivity index (χ4n) is 7.53. The smallest absolute Gasteiger partial charge is 0.335 e. The Bertz CT molecular complexity index is 1890. The maximum Gasteiger partial charge on any atom is 0.335 e. The van der Waals surface area contributed by atoms with Crippen LogP contribution in [0.4, 0.5) is 0 Å². The molecule has 1 heterocycles. The van der Waals surface area contributed by atoms with E-state index in [9.17, 15) is 34.5 Å². The largest absolute Gasteiger partial charge is 0.479 e. The molecule has 0 spiro atoms. The number of allylic oxidation sites excluding steroid dienone is 24. The van der Waals surface area contributed by atoms with Crippen molar-refractivity contribution in [1.82, 2.24) is 0 Å². The van der Waals surface area contributed by atoms with Crippen LogP contribution in [0.25, 0.3) is 0 Å². The summed E-state index contributed by atoms with van der Waals surface area (Å²) in [6.07, 6.45) is 61.2. The Balaban J connectivity index is 2.80. The van der Waals surface area contributed by atoms with Gasteiger partial charge in [0.25, 0.3) is 0 Å². The molecule has 0 amide bonds. The van der Waals surface area contributed by atoms with Crippen molar-refractivity contribution in [3.8, 4) is 0 Å². The van der Waals surface area contributed by atoms with Crippen molar-refractivity contribution in [1.29, 1.82) is 0 Å². The average molecular weight is 1070 g/mol. The van der Waals surface area contributed by atoms with Gasteiger partial charge in [-0.05, 0) is 122 Å². The van der Waals surface area contributed by atoms with Gasteiger partial charge >= 0.3 is 23.9 Å². The molecule has 6 atom stereocenters. The summed E-state index contributed by atoms with van der Waals surface area (Å²) in [7, 11) is 0. The Kier molecular flexibility index (Phi) is 46.4. The van der Waals surface area contributed by atoms with Gasteiger partial charge in [0.1, 0.15) is 18.8 Å². The second kappa shape index (κ2) is 51.4. The molecule has 0 aromatic carbocycles. The van der Waals surface area contributed by atoms with Crippen molar-refractivity contribution in [3.05, 3.63) is 146 Å². The Labute approximate surface area is 463 Å². The van der Waals surface area contributed by atoms with Crippen LogP contribution in [0.15, 0.2) is 146 Å². The van der Waals surface area contributed by atoms with Gasteiger partial charge in [0, 0.05) is 19.3 Å². The second-order valence-electron chi connectivity index (χ2n) is 18.8. The first-order valence-corrected chi connectivity index (χ1v) is 28.8. The first-order chi connectivity index (χ1) is 37.6. The number of rotatable bonds is 46. The van der Waals surface area contributed by atoms with E-state index in [-0.39, 0.29) is 25.9 Å². The summed E-state index contributed by atoms with van der Waals surface area (Å²) in [6.45, 7) is 5.57. The molecule has 12 nitrogen and oxygen atoms in total. The monoisotopic (exact) mass is 1070 g/mol. The summed E-state index contributed by atoms with van der Waals surface area (Å²) < 4.78 is 28.3. The Hall–Kier alpha value is -5.40. The fourth-order valence-corrected chi connectivity index (χ4v) is 7.53. The van der Waals surface area contributed by atoms with Crippen LogP contribution in [0.5, 0.6) is 0 Å². The van der Waals surface area contributed by atoms with Gasteiger partial charge in [-0.1, -0.05) is 192 Å². The number of hydrogen-bond acceptors (Lipinski definition) is 11. The molecule has 0 radical (unpaired) electrons. The van der Waals surface area contributed by atoms with Crippen LogP contribution < -0.4 is 0 Å². The van der Waals surface area contributed by atoms with E-state index in [0.717, 1.165) is 116 Å². The number of carbonyl (C=O) groups is 4. The van der Waals surface area contributed by atoms with Crippen molar-refractivity contribution >= 4 is 23.9 Å². The molecule has 1 rings (SSSR count). The van der Waals surface area contributed by atoms with Gasteiger partial charge in [-0.25, -0.2) is 4.79 Å². The maximum absolute atomic E-state index is 13.1. The van der Waals surface area contributed by atoms with E-state index in [1.54, 1.807) is 0 Å². The van der Waals surface area contributed by atoms with Gasteiger partial charge in [-0.15, -0.1) is 0 Å². The molecule has 0 bridgehead atoms. The SMILES string of the molecule is CC/C=C\C/C=C\C/C=C\C/C=C\C/C=C\CCCC(=O)OCC(COC1OC(C(=O)O)C(O)C(O)C1OC(=O)CCCCCCC/C=C\C/C=C\CCC)OC(=O)CCC/C=C\C/C=C\C/C=C\C/C=C\C/C=C\CC. The number of carboxylic acids is 1. The molecule has 0 aromatic rings. The first kappa shape index (κ1) is 69.6. The standard InChI is InChI=1S/C65H98O12/c1-4-7-10-13-16-19-22-25-27-29-31-34-36-39-42-45-48-51-57(66)73-54-56(75-58(67)52-49-46-43-40-38-35-32-30-28-26-23-20-17-14-11-8-5-2)55-74-65-63(61(70)60(69)62(77-65)64(71)72)76-59(68)53-50-47-44-41-37-33-24-21-18-15-12-9-6-3/h7-8,10-12,15-17,19-21,24-28,31-32,34-35,39-40,42-43,56,60-63,65,69-70H,4-6,9,13-14,18,22-23,29-30,33,36-38,41,44-55H2,1-3H3,(H,71,72)/b10-7-,11-8-,15-12-,19-16-,20-17-,24-21-,27-25-,28-26-,34-31-,35-32-,42-39-,43-40-. The molecule has 12 heteroatoms. The summed E-state index contributed by atoms with van der Waals surface area (Å²) in [5.41, 5.74) is 0. The number of aliphatic hydroxyl groups excluding tert-OH is 2. The zero-order chi connectivity index (χ0) is 56.1. The molecule has 1 fully saturated rings. The maximum atomic E-state index is 13.1. The van der Waals surface area contributed by atoms with Crippen LogP contribution in [-0.4, -0.2) is 89.2 Å². The van der Waals surface area contributed by atoms with Crippen molar-refractivity contribution in [3.63, 3.8) is 0 Å². The summed E-state index contributed by atoms with van der Waals surface area (Å²) >= 11 is 0. The highest BCUT2D eigenvalue weighted by atomic mass is 16.7. The van der Waals surface area contributed by atoms with E-state index in [0.29, 0.717) is 32.1 Å². The van der Waals surface area contributed by atoms with E-state index >= 15 is 0 Å². The van der Waals surface area contributed by atoms with Gasteiger partial charge < -0.3 is 39.0 Å². The molecule has 77 heavy (non-hydrogen) atoms. The lowest BCUT2D eigenvalue weighted by Crippen LogP contribution is -2.61. The predicted octanol–water partition coefficient (Wildman–Crippen LogP) is 14.8. The zero-order valence-corrected chi connectivity index (χ0v) is 47.1. The van der Waals surface area contributed by atoms with Gasteiger partial charge in [-0.2, -0.15) is 0 Å². The molecule has 1 aliphatic heterocycles. The summed E-state index contributed by atoms with van der Waals surface area (Å²) in [6, 6.07) is 0. The number of unbranched alkanes of at least 4 members (excludes halogenated alkanes) is 8. The number of hydrogen-bond donors (Lipinski definition) is 3. The van der Waals surface area contributed by atoms with E-state index in [1.165, 1.54) is 0 Å². The predicted molar refractivity (Wildman–Crippen MR) is 312 cm³/mol. The van der Waals surface area contributed by atoms with E-state index in [4.69, 9.17) is 23.7 Å². The lowest BCUT2D eigenvalue weighted by Gasteiger charge is -2.40. The number of aliphatic hydroxyl groups is 2. The molecule has 6 unspecified atom stereocenters. The van der Waals surface area contributed by atoms with Gasteiger partial charge in [0.05, 0.1) is 6.61 Å². The highest BCUT2D eigenvalue weighted by molar-refractivity contribution is 5.74. The van der Waals surface area contributed by atoms with Crippen molar-refractivity contribution < 1.29 is 58.2 Å². The molecule has 430 valence electrons. The molecule has 0 saturated carbocycles. The number of carboxylic acid groups (broad SMARTS) is 1. The number of ether oxygens (including phenoxy) is 5. The van der Waals surface area contributed by atoms with Gasteiger partial charge in [0.15, 0.2) is 24.6 Å². The molecular formula is C65H98O12. The average Bonchev–Trinajstić information content (AvgIpc) is 3.42. The topological polar surface area (TPSA) is 175 Å². The van der Waals surface area contributed by atoms with E-state index in [1.807, 2.05) is 24.3 Å². The van der Waals surface area contributed by atoms with Crippen LogP contribution >= 0.6 is 0 Å². The van der Waals surface area contributed by atoms with Crippen molar-refractivity contribution in [2.75, 3.05) is 13.2 Å². The van der Waals surface area contributed by atoms with E-state index in [2.05, 4.69) is 142 Å². The Morgan fingerprint density at radius 2 is 0.831 bits per heavy atom. The Morgan fingerprint density at radius 1 is 0.442 bits per heavy atom. The summed E-state index contributed by atoms with van der Waals surface area (Å²) in [4.78, 5) is 51.1. The minimum atomic E-state index is -1.93. The molecular weight excluding hydrogens is 973 g/mol. The van der Waals surface area contributed by atoms with E-state index < -0.39 is 67.3 Å². The highest BCUT2D eigenvalue weighted by Gasteiger charge is 2.50. The quantitative estimate of drug-likeness (QED) is 0.0228. The van der Waals surface area contributed by atoms with Crippen LogP contribution in [0.2, 0.25) is 0 Å². The van der Waals surface area contributed by atoms with Crippen LogP contribution in [0.3, 0.4) is 0 Å². The lowest BCUT2D eigenvalue weighted by atomic mass is 9.98. The van der Waals surface area contributed by atoms with Crippen LogP contribution in [-0.2, 0) is 42.9 Å². The lowest BCUT2D eigenvalue weighted by molar-refractivity contribution is -0.301. The van der Waals surface area contributed by atoms with Gasteiger partial charge in [0.2, 0.25) is 0 Å². The first-order valence-electron chi connectivity index (χ1n) is 28.8. The van der Waals surface area contributed by atoms with Gasteiger partial charge in [-0.3, -0.25) is 14.4 Å².